The number of anilines is 1. The molecule has 1 aliphatic rings. The molecule has 0 spiro atoms. The third-order valence-electron chi connectivity index (χ3n) is 3.53. The predicted octanol–water partition coefficient (Wildman–Crippen LogP) is 3.04. The molecule has 0 bridgehead atoms. The van der Waals surface area contributed by atoms with Gasteiger partial charge in [0.1, 0.15) is 0 Å². The number of aryl methyl sites for hydroxylation is 1. The zero-order valence-corrected chi connectivity index (χ0v) is 11.0. The zero-order valence-electron chi connectivity index (χ0n) is 10.1. The molecule has 0 aliphatic heterocycles. The fraction of sp³-hybridized carbons (Fsp3) is 0.692. The predicted molar refractivity (Wildman–Crippen MR) is 70.3 cm³/mol. The van der Waals surface area contributed by atoms with Crippen LogP contribution in [-0.4, -0.2) is 24.8 Å². The standard InChI is InChI=1S/C13H21NOS/c1-10-7-8-16-13(10)14(2)9-11-3-5-12(15)6-4-11/h7-8,11-12,15H,3-6,9H2,1-2H3. The smallest absolute Gasteiger partial charge is 0.0935 e. The largest absolute Gasteiger partial charge is 0.393 e. The summed E-state index contributed by atoms with van der Waals surface area (Å²) in [5.41, 5.74) is 1.38. The highest BCUT2D eigenvalue weighted by Gasteiger charge is 2.21. The molecule has 0 aromatic carbocycles. The van der Waals surface area contributed by atoms with Crippen LogP contribution >= 0.6 is 11.3 Å². The Hall–Kier alpha value is -0.540. The van der Waals surface area contributed by atoms with E-state index in [1.807, 2.05) is 11.3 Å². The molecular formula is C13H21NOS. The van der Waals surface area contributed by atoms with Crippen LogP contribution in [0.25, 0.3) is 0 Å². The summed E-state index contributed by atoms with van der Waals surface area (Å²) >= 11 is 1.82. The monoisotopic (exact) mass is 239 g/mol. The second-order valence-electron chi connectivity index (χ2n) is 4.96. The molecule has 1 saturated carbocycles. The van der Waals surface area contributed by atoms with Gasteiger partial charge in [-0.1, -0.05) is 0 Å². The molecule has 16 heavy (non-hydrogen) atoms. The van der Waals surface area contributed by atoms with Gasteiger partial charge in [0.2, 0.25) is 0 Å². The van der Waals surface area contributed by atoms with Crippen LogP contribution in [0.15, 0.2) is 11.4 Å². The Labute approximate surface area is 102 Å². The average molecular weight is 239 g/mol. The molecule has 1 heterocycles. The van der Waals surface area contributed by atoms with Crippen LogP contribution in [-0.2, 0) is 0 Å². The molecule has 3 heteroatoms. The van der Waals surface area contributed by atoms with E-state index in [4.69, 9.17) is 0 Å². The summed E-state index contributed by atoms with van der Waals surface area (Å²) in [6, 6.07) is 2.18. The van der Waals surface area contributed by atoms with E-state index >= 15 is 0 Å². The highest BCUT2D eigenvalue weighted by atomic mass is 32.1. The maximum absolute atomic E-state index is 9.48. The van der Waals surface area contributed by atoms with E-state index in [1.165, 1.54) is 23.4 Å². The van der Waals surface area contributed by atoms with Crippen LogP contribution in [0.5, 0.6) is 0 Å². The lowest BCUT2D eigenvalue weighted by atomic mass is 9.87. The van der Waals surface area contributed by atoms with E-state index in [0.717, 1.165) is 25.3 Å². The summed E-state index contributed by atoms with van der Waals surface area (Å²) in [6.07, 6.45) is 4.29. The summed E-state index contributed by atoms with van der Waals surface area (Å²) in [5, 5.41) is 13.0. The molecule has 2 rings (SSSR count). The van der Waals surface area contributed by atoms with Crippen LogP contribution in [0.2, 0.25) is 0 Å². The van der Waals surface area contributed by atoms with Gasteiger partial charge in [0, 0.05) is 13.6 Å². The lowest BCUT2D eigenvalue weighted by Gasteiger charge is -2.30. The number of aliphatic hydroxyl groups is 1. The Bertz CT molecular complexity index is 328. The quantitative estimate of drug-likeness (QED) is 0.876. The van der Waals surface area contributed by atoms with Gasteiger partial charge in [0.25, 0.3) is 0 Å². The number of nitrogens with zero attached hydrogens (tertiary/aromatic N) is 1. The minimum absolute atomic E-state index is 0.0370. The van der Waals surface area contributed by atoms with Crippen molar-refractivity contribution < 1.29 is 5.11 Å². The van der Waals surface area contributed by atoms with Crippen LogP contribution < -0.4 is 4.90 Å². The van der Waals surface area contributed by atoms with E-state index in [2.05, 4.69) is 30.3 Å². The van der Waals surface area contributed by atoms with Gasteiger partial charge in [-0.2, -0.15) is 0 Å². The van der Waals surface area contributed by atoms with Gasteiger partial charge in [0.05, 0.1) is 11.1 Å². The van der Waals surface area contributed by atoms with Gasteiger partial charge >= 0.3 is 0 Å². The molecule has 1 fully saturated rings. The molecule has 1 aromatic rings. The molecule has 2 nitrogen and oxygen atoms in total. The lowest BCUT2D eigenvalue weighted by Crippen LogP contribution is -2.29. The van der Waals surface area contributed by atoms with Gasteiger partial charge in [0.15, 0.2) is 0 Å². The van der Waals surface area contributed by atoms with E-state index in [1.54, 1.807) is 0 Å². The number of rotatable bonds is 3. The first-order valence-corrected chi connectivity index (χ1v) is 6.98. The summed E-state index contributed by atoms with van der Waals surface area (Å²) in [5.74, 6) is 0.759. The van der Waals surface area contributed by atoms with E-state index in [-0.39, 0.29) is 6.10 Å². The van der Waals surface area contributed by atoms with Gasteiger partial charge in [-0.15, -0.1) is 11.3 Å². The van der Waals surface area contributed by atoms with Gasteiger partial charge in [-0.3, -0.25) is 0 Å². The lowest BCUT2D eigenvalue weighted by molar-refractivity contribution is 0.110. The van der Waals surface area contributed by atoms with Crippen molar-refractivity contribution >= 4 is 16.3 Å². The SMILES string of the molecule is Cc1ccsc1N(C)CC1CCC(O)CC1. The molecule has 0 atom stereocenters. The topological polar surface area (TPSA) is 23.5 Å². The number of hydrogen-bond donors (Lipinski definition) is 1. The van der Waals surface area contributed by atoms with Crippen molar-refractivity contribution in [2.45, 2.75) is 38.7 Å². The Balaban J connectivity index is 1.88. The Morgan fingerprint density at radius 3 is 2.62 bits per heavy atom. The minimum Gasteiger partial charge on any atom is -0.393 e. The van der Waals surface area contributed by atoms with Crippen LogP contribution in [0.4, 0.5) is 5.00 Å². The number of thiophene rings is 1. The maximum atomic E-state index is 9.48. The van der Waals surface area contributed by atoms with Crippen molar-refractivity contribution in [1.82, 2.24) is 0 Å². The van der Waals surface area contributed by atoms with Gasteiger partial charge < -0.3 is 10.0 Å². The highest BCUT2D eigenvalue weighted by molar-refractivity contribution is 7.14. The number of hydrogen-bond acceptors (Lipinski definition) is 3. The van der Waals surface area contributed by atoms with Crippen LogP contribution in [0.1, 0.15) is 31.2 Å². The fourth-order valence-corrected chi connectivity index (χ4v) is 3.46. The maximum Gasteiger partial charge on any atom is 0.0935 e. The van der Waals surface area contributed by atoms with Crippen molar-refractivity contribution in [3.63, 3.8) is 0 Å². The van der Waals surface area contributed by atoms with Crippen molar-refractivity contribution in [2.24, 2.45) is 5.92 Å². The van der Waals surface area contributed by atoms with Gasteiger partial charge in [-0.05, 0) is 55.5 Å². The third-order valence-corrected chi connectivity index (χ3v) is 4.66. The second kappa shape index (κ2) is 5.19. The molecule has 0 amide bonds. The average Bonchev–Trinajstić information content (AvgIpc) is 2.68. The molecule has 90 valence electrons. The fourth-order valence-electron chi connectivity index (χ4n) is 2.55. The zero-order chi connectivity index (χ0) is 11.5. The molecule has 1 aromatic heterocycles. The van der Waals surface area contributed by atoms with E-state index in [0.29, 0.717) is 0 Å². The van der Waals surface area contributed by atoms with Crippen molar-refractivity contribution in [2.75, 3.05) is 18.5 Å². The molecule has 0 saturated heterocycles. The summed E-state index contributed by atoms with van der Waals surface area (Å²) < 4.78 is 0. The Kier molecular flexibility index (Phi) is 3.87. The van der Waals surface area contributed by atoms with Gasteiger partial charge in [-0.25, -0.2) is 0 Å². The summed E-state index contributed by atoms with van der Waals surface area (Å²) in [7, 11) is 2.18. The highest BCUT2D eigenvalue weighted by Crippen LogP contribution is 2.30. The Morgan fingerprint density at radius 2 is 2.06 bits per heavy atom. The molecular weight excluding hydrogens is 218 g/mol. The number of aliphatic hydroxyl groups excluding tert-OH is 1. The molecule has 0 radical (unpaired) electrons. The first kappa shape index (κ1) is 11.9. The van der Waals surface area contributed by atoms with Crippen molar-refractivity contribution in [3.05, 3.63) is 17.0 Å². The van der Waals surface area contributed by atoms with Crippen molar-refractivity contribution in [1.29, 1.82) is 0 Å². The third kappa shape index (κ3) is 2.77. The summed E-state index contributed by atoms with van der Waals surface area (Å²) in [4.78, 5) is 2.38. The Morgan fingerprint density at radius 1 is 1.38 bits per heavy atom. The molecule has 1 N–H and O–H groups in total. The molecule has 0 unspecified atom stereocenters. The minimum atomic E-state index is -0.0370. The first-order valence-electron chi connectivity index (χ1n) is 6.10. The van der Waals surface area contributed by atoms with Crippen molar-refractivity contribution in [3.8, 4) is 0 Å². The van der Waals surface area contributed by atoms with Crippen LogP contribution in [0.3, 0.4) is 0 Å². The first-order chi connectivity index (χ1) is 7.66. The van der Waals surface area contributed by atoms with E-state index in [9.17, 15) is 5.11 Å². The summed E-state index contributed by atoms with van der Waals surface area (Å²) in [6.45, 7) is 3.31. The second-order valence-corrected chi connectivity index (χ2v) is 5.86. The van der Waals surface area contributed by atoms with Crippen LogP contribution in [0, 0.1) is 12.8 Å². The normalized spacial score (nSPS) is 25.7. The molecule has 1 aliphatic carbocycles. The van der Waals surface area contributed by atoms with E-state index < -0.39 is 0 Å².